The monoisotopic (exact) mass is 388 g/mol. The van der Waals surface area contributed by atoms with E-state index >= 15 is 0 Å². The lowest BCUT2D eigenvalue weighted by atomic mass is 10.1. The predicted molar refractivity (Wildman–Crippen MR) is 101 cm³/mol. The Morgan fingerprint density at radius 2 is 2.26 bits per heavy atom. The first-order valence-electron chi connectivity index (χ1n) is 8.63. The molecule has 3 heterocycles. The van der Waals surface area contributed by atoms with Crippen molar-refractivity contribution in [2.45, 2.75) is 25.3 Å². The Morgan fingerprint density at radius 3 is 3.00 bits per heavy atom. The molecule has 0 saturated carbocycles. The first-order valence-corrected chi connectivity index (χ1v) is 9.00. The van der Waals surface area contributed by atoms with E-state index in [0.29, 0.717) is 27.8 Å². The minimum atomic E-state index is -0.592. The van der Waals surface area contributed by atoms with Gasteiger partial charge in [0.1, 0.15) is 11.6 Å². The second kappa shape index (κ2) is 7.22. The van der Waals surface area contributed by atoms with Crippen molar-refractivity contribution < 1.29 is 9.60 Å². The molecule has 7 nitrogen and oxygen atoms in total. The number of hydrogen-bond donors (Lipinski definition) is 4. The van der Waals surface area contributed by atoms with Crippen LogP contribution in [0, 0.1) is 11.2 Å². The van der Waals surface area contributed by atoms with Crippen LogP contribution in [0.1, 0.15) is 24.2 Å². The van der Waals surface area contributed by atoms with E-state index in [0.717, 1.165) is 37.7 Å². The van der Waals surface area contributed by atoms with Crippen molar-refractivity contribution in [3.05, 3.63) is 52.7 Å². The molecule has 1 unspecified atom stereocenters. The Morgan fingerprint density at radius 1 is 1.41 bits per heavy atom. The summed E-state index contributed by atoms with van der Waals surface area (Å²) in [6.07, 6.45) is 4.54. The van der Waals surface area contributed by atoms with Gasteiger partial charge in [-0.25, -0.2) is 19.4 Å². The molecule has 1 atom stereocenters. The summed E-state index contributed by atoms with van der Waals surface area (Å²) in [6.45, 7) is 1.01. The lowest BCUT2D eigenvalue weighted by Gasteiger charge is -2.18. The van der Waals surface area contributed by atoms with Crippen LogP contribution in [0.25, 0.3) is 11.2 Å². The third-order valence-corrected chi connectivity index (χ3v) is 4.95. The summed E-state index contributed by atoms with van der Waals surface area (Å²) in [4.78, 5) is 12.0. The van der Waals surface area contributed by atoms with E-state index in [9.17, 15) is 9.60 Å². The fourth-order valence-corrected chi connectivity index (χ4v) is 3.45. The third-order valence-electron chi connectivity index (χ3n) is 4.66. The average Bonchev–Trinajstić information content (AvgIpc) is 3.32. The topological polar surface area (TPSA) is 101 Å². The minimum absolute atomic E-state index is 0.132. The summed E-state index contributed by atoms with van der Waals surface area (Å²) in [7, 11) is 0. The van der Waals surface area contributed by atoms with Gasteiger partial charge in [-0.15, -0.1) is 0 Å². The fraction of sp³-hybridized carbons (Fsp3) is 0.278. The highest BCUT2D eigenvalue weighted by molar-refractivity contribution is 6.31. The second-order valence-corrected chi connectivity index (χ2v) is 6.90. The molecule has 0 bridgehead atoms. The number of imidazole rings is 1. The summed E-state index contributed by atoms with van der Waals surface area (Å²) < 4.78 is 13.4. The molecular formula is C18H18ClFN6O. The number of fused-ring (bicyclic) bond motifs is 1. The highest BCUT2D eigenvalue weighted by Gasteiger charge is 2.20. The van der Waals surface area contributed by atoms with E-state index < -0.39 is 5.82 Å². The highest BCUT2D eigenvalue weighted by Crippen LogP contribution is 2.24. The molecule has 1 aromatic carbocycles. The number of halogens is 2. The number of nitrogens with zero attached hydrogens (tertiary/aromatic N) is 3. The van der Waals surface area contributed by atoms with Gasteiger partial charge in [-0.05, 0) is 43.7 Å². The third kappa shape index (κ3) is 3.51. The van der Waals surface area contributed by atoms with Crippen molar-refractivity contribution in [1.82, 2.24) is 20.3 Å². The molecule has 1 aliphatic rings. The van der Waals surface area contributed by atoms with Gasteiger partial charge in [0.15, 0.2) is 11.5 Å². The van der Waals surface area contributed by atoms with Crippen LogP contribution < -0.4 is 10.4 Å². The molecule has 2 aromatic heterocycles. The lowest BCUT2D eigenvalue weighted by Crippen LogP contribution is -2.27. The molecule has 27 heavy (non-hydrogen) atoms. The molecule has 1 fully saturated rings. The van der Waals surface area contributed by atoms with Crippen LogP contribution in [-0.4, -0.2) is 38.6 Å². The van der Waals surface area contributed by atoms with Crippen LogP contribution in [0.4, 0.5) is 10.1 Å². The van der Waals surface area contributed by atoms with Crippen LogP contribution in [0.3, 0.4) is 0 Å². The van der Waals surface area contributed by atoms with Gasteiger partial charge in [0.2, 0.25) is 0 Å². The van der Waals surface area contributed by atoms with Gasteiger partial charge in [0.25, 0.3) is 0 Å². The molecule has 0 aliphatic carbocycles. The highest BCUT2D eigenvalue weighted by atomic mass is 35.5. The number of hydrogen-bond acceptors (Lipinski definition) is 5. The maximum atomic E-state index is 13.4. The van der Waals surface area contributed by atoms with Crippen molar-refractivity contribution in [3.8, 4) is 0 Å². The van der Waals surface area contributed by atoms with Crippen LogP contribution in [0.5, 0.6) is 0 Å². The number of rotatable bonds is 4. The molecule has 140 valence electrons. The Balaban J connectivity index is 1.64. The summed E-state index contributed by atoms with van der Waals surface area (Å²) >= 11 is 5.77. The first kappa shape index (κ1) is 17.8. The van der Waals surface area contributed by atoms with Crippen molar-refractivity contribution >= 4 is 34.3 Å². The Bertz CT molecular complexity index is 1000. The van der Waals surface area contributed by atoms with Gasteiger partial charge in [0.05, 0.1) is 16.2 Å². The zero-order chi connectivity index (χ0) is 19.0. The van der Waals surface area contributed by atoms with Gasteiger partial charge < -0.3 is 10.3 Å². The fourth-order valence-electron chi connectivity index (χ4n) is 3.28. The molecular weight excluding hydrogens is 371 g/mol. The van der Waals surface area contributed by atoms with Gasteiger partial charge >= 0.3 is 0 Å². The number of hydroxylamine groups is 1. The molecule has 1 aliphatic heterocycles. The number of aromatic nitrogens is 3. The molecule has 0 spiro atoms. The average molecular weight is 389 g/mol. The number of pyridine rings is 1. The van der Waals surface area contributed by atoms with Crippen LogP contribution in [-0.2, 0) is 6.42 Å². The van der Waals surface area contributed by atoms with Crippen LogP contribution >= 0.6 is 11.6 Å². The van der Waals surface area contributed by atoms with Gasteiger partial charge in [-0.3, -0.25) is 10.6 Å². The quantitative estimate of drug-likeness (QED) is 0.312. The maximum Gasteiger partial charge on any atom is 0.178 e. The summed E-state index contributed by atoms with van der Waals surface area (Å²) in [6, 6.07) is 5.74. The van der Waals surface area contributed by atoms with E-state index in [1.165, 1.54) is 18.3 Å². The van der Waals surface area contributed by atoms with Gasteiger partial charge in [-0.2, -0.15) is 0 Å². The number of aromatic amines is 1. The largest absolute Gasteiger partial charge is 0.340 e. The second-order valence-electron chi connectivity index (χ2n) is 6.50. The number of nitrogens with one attached hydrogen (secondary N) is 3. The molecule has 4 rings (SSSR count). The molecule has 0 amide bonds. The Kier molecular flexibility index (Phi) is 4.77. The number of amidine groups is 1. The van der Waals surface area contributed by atoms with E-state index in [4.69, 9.17) is 17.0 Å². The standard InChI is InChI=1S/C18H18ClFN6O/c19-13-9-11(3-4-14(13)20)26(27)17(21)12-5-7-23-18-16(12)24-15(25-18)8-10-2-1-6-22-10/h3-5,7,9-10,21-22,27H,1-2,6,8H2,(H,23,24,25). The van der Waals surface area contributed by atoms with Crippen molar-refractivity contribution in [3.63, 3.8) is 0 Å². The number of benzene rings is 1. The van der Waals surface area contributed by atoms with Crippen molar-refractivity contribution in [2.24, 2.45) is 0 Å². The van der Waals surface area contributed by atoms with Gasteiger partial charge in [-0.1, -0.05) is 11.6 Å². The zero-order valence-electron chi connectivity index (χ0n) is 14.3. The van der Waals surface area contributed by atoms with E-state index in [-0.39, 0.29) is 16.5 Å². The van der Waals surface area contributed by atoms with E-state index in [1.54, 1.807) is 6.07 Å². The smallest absolute Gasteiger partial charge is 0.178 e. The normalized spacial score (nSPS) is 16.8. The van der Waals surface area contributed by atoms with Crippen molar-refractivity contribution in [2.75, 3.05) is 11.6 Å². The van der Waals surface area contributed by atoms with Crippen LogP contribution in [0.2, 0.25) is 5.02 Å². The summed E-state index contributed by atoms with van der Waals surface area (Å²) in [5, 5.41) is 22.7. The molecule has 0 radical (unpaired) electrons. The Hall–Kier alpha value is -2.55. The van der Waals surface area contributed by atoms with Crippen LogP contribution in [0.15, 0.2) is 30.5 Å². The predicted octanol–water partition coefficient (Wildman–Crippen LogP) is 3.27. The van der Waals surface area contributed by atoms with Crippen molar-refractivity contribution in [1.29, 1.82) is 5.41 Å². The first-order chi connectivity index (χ1) is 13.0. The lowest BCUT2D eigenvalue weighted by molar-refractivity contribution is 0.312. The zero-order valence-corrected chi connectivity index (χ0v) is 15.1. The summed E-state index contributed by atoms with van der Waals surface area (Å²) in [5.74, 6) is -0.00360. The Labute approximate surface area is 159 Å². The van der Waals surface area contributed by atoms with E-state index in [1.807, 2.05) is 0 Å². The van der Waals surface area contributed by atoms with Gasteiger partial charge in [0, 0.05) is 24.2 Å². The SMILES string of the molecule is N=C(c1ccnc2nc(CC3CCCN3)[nH]c12)N(O)c1ccc(F)c(Cl)c1. The molecule has 1 saturated heterocycles. The minimum Gasteiger partial charge on any atom is -0.340 e. The number of H-pyrrole nitrogens is 1. The molecule has 4 N–H and O–H groups in total. The maximum absolute atomic E-state index is 13.4. The van der Waals surface area contributed by atoms with E-state index in [2.05, 4.69) is 20.3 Å². The summed E-state index contributed by atoms with van der Waals surface area (Å²) in [5.41, 5.74) is 1.67. The molecule has 3 aromatic rings. The molecule has 9 heteroatoms. The number of anilines is 1.